The predicted octanol–water partition coefficient (Wildman–Crippen LogP) is 0.704. The third-order valence-electron chi connectivity index (χ3n) is 5.35. The fourth-order valence-corrected chi connectivity index (χ4v) is 4.38. The molecule has 2 aliphatic heterocycles. The van der Waals surface area contributed by atoms with E-state index in [4.69, 9.17) is 5.14 Å². The van der Waals surface area contributed by atoms with Crippen LogP contribution in [0.5, 0.6) is 0 Å². The van der Waals surface area contributed by atoms with Crippen LogP contribution in [0.1, 0.15) is 31.2 Å². The standard InChI is InChI=1S/C20H21N5O4S/c1-11-19(20(27)24-14-4-7-17-13(8-14)10-22-25-17)16(9-18(26)23-11)12-2-5-15(6-3-12)30(21,28)29/h2-7,10,13,16,25H,8-9H2,1H3,(H,23,26)(H,24,27)(H2,21,28,29). The zero-order valence-corrected chi connectivity index (χ0v) is 17.0. The van der Waals surface area contributed by atoms with Crippen LogP contribution < -0.4 is 21.2 Å². The lowest BCUT2D eigenvalue weighted by atomic mass is 9.84. The largest absolute Gasteiger partial charge is 0.330 e. The minimum Gasteiger partial charge on any atom is -0.330 e. The van der Waals surface area contributed by atoms with Gasteiger partial charge in [0.1, 0.15) is 0 Å². The van der Waals surface area contributed by atoms with Gasteiger partial charge in [0.15, 0.2) is 0 Å². The lowest BCUT2D eigenvalue weighted by Gasteiger charge is -2.28. The number of carbonyl (C=O) groups excluding carboxylic acids is 2. The summed E-state index contributed by atoms with van der Waals surface area (Å²) in [6.07, 6.45) is 6.20. The van der Waals surface area contributed by atoms with Gasteiger partial charge in [-0.15, -0.1) is 0 Å². The Hall–Kier alpha value is -3.24. The van der Waals surface area contributed by atoms with Crippen LogP contribution in [0.4, 0.5) is 0 Å². The zero-order chi connectivity index (χ0) is 21.5. The number of hydrazone groups is 1. The molecular weight excluding hydrogens is 406 g/mol. The Kier molecular flexibility index (Phi) is 5.04. The van der Waals surface area contributed by atoms with Crippen molar-refractivity contribution in [1.29, 1.82) is 0 Å². The number of nitrogens with one attached hydrogen (secondary N) is 3. The highest BCUT2D eigenvalue weighted by Crippen LogP contribution is 2.34. The van der Waals surface area contributed by atoms with Gasteiger partial charge in [0.05, 0.1) is 4.90 Å². The maximum Gasteiger partial charge on any atom is 0.253 e. The number of amides is 2. The third kappa shape index (κ3) is 3.91. The van der Waals surface area contributed by atoms with E-state index >= 15 is 0 Å². The molecule has 0 radical (unpaired) electrons. The second-order valence-corrected chi connectivity index (χ2v) is 8.99. The molecule has 0 saturated heterocycles. The van der Waals surface area contributed by atoms with Crippen LogP contribution in [-0.4, -0.2) is 26.4 Å². The Bertz CT molecular complexity index is 1150. The van der Waals surface area contributed by atoms with Crippen molar-refractivity contribution in [2.75, 3.05) is 0 Å². The van der Waals surface area contributed by atoms with Crippen molar-refractivity contribution in [2.45, 2.75) is 30.6 Å². The highest BCUT2D eigenvalue weighted by atomic mass is 32.2. The lowest BCUT2D eigenvalue weighted by molar-refractivity contribution is -0.121. The molecule has 5 N–H and O–H groups in total. The van der Waals surface area contributed by atoms with Crippen molar-refractivity contribution in [1.82, 2.24) is 16.1 Å². The van der Waals surface area contributed by atoms with Crippen LogP contribution in [0, 0.1) is 5.92 Å². The number of fused-ring (bicyclic) bond motifs is 1. The number of hydrogen-bond acceptors (Lipinski definition) is 6. The number of allylic oxidation sites excluding steroid dienone is 5. The molecule has 9 nitrogen and oxygen atoms in total. The van der Waals surface area contributed by atoms with Crippen molar-refractivity contribution in [2.24, 2.45) is 16.2 Å². The average Bonchev–Trinajstić information content (AvgIpc) is 3.14. The summed E-state index contributed by atoms with van der Waals surface area (Å²) in [7, 11) is -3.83. The van der Waals surface area contributed by atoms with Gasteiger partial charge < -0.3 is 10.6 Å². The van der Waals surface area contributed by atoms with Gasteiger partial charge in [0.25, 0.3) is 5.91 Å². The van der Waals surface area contributed by atoms with E-state index in [1.165, 1.54) is 12.1 Å². The molecule has 2 amide bonds. The molecule has 0 bridgehead atoms. The molecule has 3 aliphatic rings. The topological polar surface area (TPSA) is 143 Å². The molecule has 2 atom stereocenters. The molecule has 0 aromatic heterocycles. The summed E-state index contributed by atoms with van der Waals surface area (Å²) in [6.45, 7) is 1.68. The molecule has 156 valence electrons. The smallest absolute Gasteiger partial charge is 0.253 e. The predicted molar refractivity (Wildman–Crippen MR) is 110 cm³/mol. The molecule has 0 fully saturated rings. The Morgan fingerprint density at radius 1 is 1.20 bits per heavy atom. The van der Waals surface area contributed by atoms with Crippen molar-refractivity contribution in [3.63, 3.8) is 0 Å². The van der Waals surface area contributed by atoms with E-state index in [1.807, 2.05) is 12.2 Å². The van der Waals surface area contributed by atoms with Crippen LogP contribution in [0.25, 0.3) is 0 Å². The van der Waals surface area contributed by atoms with E-state index in [9.17, 15) is 18.0 Å². The van der Waals surface area contributed by atoms with Crippen molar-refractivity contribution < 1.29 is 18.0 Å². The zero-order valence-electron chi connectivity index (χ0n) is 16.2. The molecule has 1 aliphatic carbocycles. The summed E-state index contributed by atoms with van der Waals surface area (Å²) in [5.74, 6) is -0.910. The molecule has 10 heteroatoms. The molecule has 0 saturated carbocycles. The van der Waals surface area contributed by atoms with Gasteiger partial charge in [-0.2, -0.15) is 5.10 Å². The highest BCUT2D eigenvalue weighted by Gasteiger charge is 2.33. The van der Waals surface area contributed by atoms with Crippen LogP contribution in [0.2, 0.25) is 0 Å². The van der Waals surface area contributed by atoms with E-state index in [2.05, 4.69) is 21.2 Å². The van der Waals surface area contributed by atoms with Gasteiger partial charge >= 0.3 is 0 Å². The maximum absolute atomic E-state index is 13.1. The number of primary sulfonamides is 1. The minimum atomic E-state index is -3.83. The second kappa shape index (κ2) is 7.54. The Morgan fingerprint density at radius 3 is 2.63 bits per heavy atom. The van der Waals surface area contributed by atoms with E-state index in [-0.39, 0.29) is 29.0 Å². The normalized spacial score (nSPS) is 23.2. The number of carbonyl (C=O) groups is 2. The monoisotopic (exact) mass is 427 g/mol. The quantitative estimate of drug-likeness (QED) is 0.559. The second-order valence-electron chi connectivity index (χ2n) is 7.43. The molecule has 1 aromatic rings. The number of benzene rings is 1. The fraction of sp³-hybridized carbons (Fsp3) is 0.250. The summed E-state index contributed by atoms with van der Waals surface area (Å²) in [5.41, 5.74) is 6.23. The first kappa shape index (κ1) is 20.0. The van der Waals surface area contributed by atoms with Gasteiger partial charge in [-0.1, -0.05) is 12.1 Å². The first-order chi connectivity index (χ1) is 14.2. The van der Waals surface area contributed by atoms with Gasteiger partial charge in [-0.3, -0.25) is 15.0 Å². The summed E-state index contributed by atoms with van der Waals surface area (Å²) in [5, 5.41) is 14.9. The Balaban J connectivity index is 1.61. The van der Waals surface area contributed by atoms with Crippen LogP contribution in [0.3, 0.4) is 0 Å². The fourth-order valence-electron chi connectivity index (χ4n) is 3.87. The maximum atomic E-state index is 13.1. The summed E-state index contributed by atoms with van der Waals surface area (Å²) < 4.78 is 23.0. The number of hydrogen-bond donors (Lipinski definition) is 4. The summed E-state index contributed by atoms with van der Waals surface area (Å²) >= 11 is 0. The number of nitrogens with zero attached hydrogens (tertiary/aromatic N) is 1. The van der Waals surface area contributed by atoms with Gasteiger partial charge in [0, 0.05) is 53.6 Å². The number of rotatable bonds is 4. The summed E-state index contributed by atoms with van der Waals surface area (Å²) in [4.78, 5) is 25.2. The molecule has 30 heavy (non-hydrogen) atoms. The Labute approximate surface area is 173 Å². The van der Waals surface area contributed by atoms with Gasteiger partial charge in [0.2, 0.25) is 15.9 Å². The Morgan fingerprint density at radius 2 is 1.93 bits per heavy atom. The van der Waals surface area contributed by atoms with E-state index < -0.39 is 15.9 Å². The van der Waals surface area contributed by atoms with E-state index in [0.717, 1.165) is 11.4 Å². The molecule has 2 heterocycles. The lowest BCUT2D eigenvalue weighted by Crippen LogP contribution is -2.38. The average molecular weight is 427 g/mol. The van der Waals surface area contributed by atoms with Crippen molar-refractivity contribution in [3.05, 3.63) is 64.6 Å². The molecule has 2 unspecified atom stereocenters. The van der Waals surface area contributed by atoms with Crippen LogP contribution in [-0.2, 0) is 19.6 Å². The SMILES string of the molecule is CC1=C(C(=O)NC2=CC=C3NN=CC3C2)C(c2ccc(S(N)(=O)=O)cc2)CC(=O)N1. The molecular formula is C20H21N5O4S. The van der Waals surface area contributed by atoms with E-state index in [1.54, 1.807) is 25.3 Å². The first-order valence-corrected chi connectivity index (χ1v) is 10.9. The van der Waals surface area contributed by atoms with Crippen molar-refractivity contribution >= 4 is 28.1 Å². The molecule has 4 rings (SSSR count). The van der Waals surface area contributed by atoms with Crippen LogP contribution in [0.15, 0.2) is 69.1 Å². The first-order valence-electron chi connectivity index (χ1n) is 9.37. The minimum absolute atomic E-state index is 0.0278. The third-order valence-corrected chi connectivity index (χ3v) is 6.28. The van der Waals surface area contributed by atoms with Gasteiger partial charge in [-0.05, 0) is 36.8 Å². The molecule has 0 spiro atoms. The number of sulfonamides is 1. The molecule has 1 aromatic carbocycles. The summed E-state index contributed by atoms with van der Waals surface area (Å²) in [6, 6.07) is 5.92. The van der Waals surface area contributed by atoms with Gasteiger partial charge in [-0.25, -0.2) is 13.6 Å². The highest BCUT2D eigenvalue weighted by molar-refractivity contribution is 7.89. The van der Waals surface area contributed by atoms with Crippen LogP contribution >= 0.6 is 0 Å². The number of nitrogens with two attached hydrogens (primary N) is 1. The van der Waals surface area contributed by atoms with E-state index in [0.29, 0.717) is 23.3 Å². The van der Waals surface area contributed by atoms with Crippen molar-refractivity contribution in [3.8, 4) is 0 Å².